The van der Waals surface area contributed by atoms with Gasteiger partial charge in [0.1, 0.15) is 5.82 Å². The zero-order chi connectivity index (χ0) is 14.1. The van der Waals surface area contributed by atoms with Gasteiger partial charge in [-0.15, -0.1) is 0 Å². The maximum absolute atomic E-state index is 4.76. The van der Waals surface area contributed by atoms with Gasteiger partial charge in [-0.25, -0.2) is 4.68 Å². The van der Waals surface area contributed by atoms with Crippen LogP contribution >= 0.6 is 15.9 Å². The number of hydrogen-bond acceptors (Lipinski definition) is 2. The van der Waals surface area contributed by atoms with Crippen molar-refractivity contribution in [2.75, 3.05) is 11.9 Å². The number of aryl methyl sites for hydroxylation is 1. The quantitative estimate of drug-likeness (QED) is 0.786. The first-order valence-electron chi connectivity index (χ1n) is 7.15. The van der Waals surface area contributed by atoms with E-state index >= 15 is 0 Å². The molecule has 0 spiro atoms. The number of aromatic nitrogens is 2. The Bertz CT molecular complexity index is 587. The first-order chi connectivity index (χ1) is 9.72. The molecule has 0 bridgehead atoms. The molecule has 106 valence electrons. The van der Waals surface area contributed by atoms with Gasteiger partial charge in [-0.1, -0.05) is 34.1 Å². The molecule has 1 heterocycles. The fraction of sp³-hybridized carbons (Fsp3) is 0.438. The zero-order valence-electron chi connectivity index (χ0n) is 12.0. The minimum atomic E-state index is 0.659. The van der Waals surface area contributed by atoms with Gasteiger partial charge in [0.15, 0.2) is 0 Å². The second kappa shape index (κ2) is 5.60. The molecule has 1 saturated carbocycles. The number of alkyl halides is 1. The predicted octanol–water partition coefficient (Wildman–Crippen LogP) is 4.06. The fourth-order valence-corrected chi connectivity index (χ4v) is 3.42. The van der Waals surface area contributed by atoms with Gasteiger partial charge in [0.25, 0.3) is 0 Å². The molecule has 0 unspecified atom stereocenters. The molecule has 0 N–H and O–H groups in total. The maximum atomic E-state index is 4.76. The Hall–Kier alpha value is -1.29. The Morgan fingerprint density at radius 3 is 2.55 bits per heavy atom. The van der Waals surface area contributed by atoms with Crippen LogP contribution in [0.25, 0.3) is 5.69 Å². The van der Waals surface area contributed by atoms with Crippen LogP contribution in [0, 0.1) is 6.92 Å². The molecular formula is C16H20BrN3. The first kappa shape index (κ1) is 13.7. The number of halogens is 1. The standard InChI is InChI=1S/C16H20BrN3/c1-12-15(11-17)16(19(2)13-9-6-10-13)20(18-12)14-7-4-3-5-8-14/h3-5,7-8,13H,6,9-11H2,1-2H3. The van der Waals surface area contributed by atoms with Crippen LogP contribution in [-0.4, -0.2) is 22.9 Å². The molecule has 1 aromatic carbocycles. The van der Waals surface area contributed by atoms with E-state index in [0.717, 1.165) is 16.7 Å². The Balaban J connectivity index is 2.09. The SMILES string of the molecule is Cc1nn(-c2ccccc2)c(N(C)C2CCC2)c1CBr. The highest BCUT2D eigenvalue weighted by atomic mass is 79.9. The Morgan fingerprint density at radius 1 is 1.30 bits per heavy atom. The molecule has 1 aromatic heterocycles. The lowest BCUT2D eigenvalue weighted by molar-refractivity contribution is 0.397. The molecule has 0 atom stereocenters. The van der Waals surface area contributed by atoms with E-state index in [0.29, 0.717) is 6.04 Å². The van der Waals surface area contributed by atoms with Gasteiger partial charge in [0, 0.05) is 24.0 Å². The molecule has 0 radical (unpaired) electrons. The fourth-order valence-electron chi connectivity index (χ4n) is 2.76. The van der Waals surface area contributed by atoms with E-state index in [1.165, 1.54) is 30.6 Å². The minimum Gasteiger partial charge on any atom is -0.356 e. The normalized spacial score (nSPS) is 15.2. The third kappa shape index (κ3) is 2.26. The van der Waals surface area contributed by atoms with Crippen LogP contribution in [0.5, 0.6) is 0 Å². The van der Waals surface area contributed by atoms with Crippen molar-refractivity contribution in [2.45, 2.75) is 37.6 Å². The van der Waals surface area contributed by atoms with Crippen molar-refractivity contribution in [1.82, 2.24) is 9.78 Å². The van der Waals surface area contributed by atoms with E-state index < -0.39 is 0 Å². The molecule has 4 heteroatoms. The van der Waals surface area contributed by atoms with E-state index in [9.17, 15) is 0 Å². The van der Waals surface area contributed by atoms with Gasteiger partial charge in [-0.2, -0.15) is 5.10 Å². The summed E-state index contributed by atoms with van der Waals surface area (Å²) in [5, 5.41) is 5.60. The van der Waals surface area contributed by atoms with E-state index in [1.807, 2.05) is 6.07 Å². The minimum absolute atomic E-state index is 0.659. The van der Waals surface area contributed by atoms with Gasteiger partial charge in [0.2, 0.25) is 0 Å². The summed E-state index contributed by atoms with van der Waals surface area (Å²) in [6.07, 6.45) is 3.92. The summed E-state index contributed by atoms with van der Waals surface area (Å²) in [4.78, 5) is 2.41. The van der Waals surface area contributed by atoms with Gasteiger partial charge >= 0.3 is 0 Å². The van der Waals surface area contributed by atoms with Crippen LogP contribution in [-0.2, 0) is 5.33 Å². The van der Waals surface area contributed by atoms with Gasteiger partial charge in [0.05, 0.1) is 11.4 Å². The Kier molecular flexibility index (Phi) is 3.83. The number of benzene rings is 1. The number of para-hydroxylation sites is 1. The lowest BCUT2D eigenvalue weighted by Crippen LogP contribution is -2.38. The zero-order valence-corrected chi connectivity index (χ0v) is 13.6. The van der Waals surface area contributed by atoms with Crippen molar-refractivity contribution >= 4 is 21.7 Å². The summed E-state index contributed by atoms with van der Waals surface area (Å²) in [7, 11) is 2.20. The van der Waals surface area contributed by atoms with Crippen LogP contribution in [0.1, 0.15) is 30.5 Å². The van der Waals surface area contributed by atoms with Crippen molar-refractivity contribution in [1.29, 1.82) is 0 Å². The average molecular weight is 334 g/mol. The second-order valence-electron chi connectivity index (χ2n) is 5.46. The molecule has 1 fully saturated rings. The molecule has 2 aromatic rings. The van der Waals surface area contributed by atoms with E-state index in [1.54, 1.807) is 0 Å². The van der Waals surface area contributed by atoms with E-state index in [4.69, 9.17) is 5.10 Å². The van der Waals surface area contributed by atoms with Crippen molar-refractivity contribution in [2.24, 2.45) is 0 Å². The topological polar surface area (TPSA) is 21.1 Å². The van der Waals surface area contributed by atoms with Crippen molar-refractivity contribution in [3.63, 3.8) is 0 Å². The highest BCUT2D eigenvalue weighted by molar-refractivity contribution is 9.08. The van der Waals surface area contributed by atoms with Crippen LogP contribution < -0.4 is 4.90 Å². The summed E-state index contributed by atoms with van der Waals surface area (Å²) < 4.78 is 2.09. The van der Waals surface area contributed by atoms with Crippen LogP contribution in [0.15, 0.2) is 30.3 Å². The summed E-state index contributed by atoms with van der Waals surface area (Å²) in [6.45, 7) is 2.09. The van der Waals surface area contributed by atoms with Crippen LogP contribution in [0.4, 0.5) is 5.82 Å². The smallest absolute Gasteiger partial charge is 0.136 e. The molecule has 1 aliphatic rings. The number of hydrogen-bond donors (Lipinski definition) is 0. The molecular weight excluding hydrogens is 314 g/mol. The van der Waals surface area contributed by atoms with Gasteiger partial charge < -0.3 is 4.90 Å². The summed E-state index contributed by atoms with van der Waals surface area (Å²) in [5.41, 5.74) is 3.53. The summed E-state index contributed by atoms with van der Waals surface area (Å²) in [6, 6.07) is 11.1. The molecule has 3 nitrogen and oxygen atoms in total. The third-order valence-corrected chi connectivity index (χ3v) is 4.81. The third-order valence-electron chi connectivity index (χ3n) is 4.25. The van der Waals surface area contributed by atoms with Gasteiger partial charge in [-0.3, -0.25) is 0 Å². The predicted molar refractivity (Wildman–Crippen MR) is 87.0 cm³/mol. The van der Waals surface area contributed by atoms with Crippen molar-refractivity contribution < 1.29 is 0 Å². The Morgan fingerprint density at radius 2 is 2.00 bits per heavy atom. The van der Waals surface area contributed by atoms with Crippen molar-refractivity contribution in [3.8, 4) is 5.69 Å². The molecule has 0 aliphatic heterocycles. The van der Waals surface area contributed by atoms with E-state index in [-0.39, 0.29) is 0 Å². The average Bonchev–Trinajstić information content (AvgIpc) is 2.74. The highest BCUT2D eigenvalue weighted by Gasteiger charge is 2.27. The highest BCUT2D eigenvalue weighted by Crippen LogP contribution is 2.34. The monoisotopic (exact) mass is 333 g/mol. The summed E-state index contributed by atoms with van der Waals surface area (Å²) in [5.74, 6) is 1.23. The first-order valence-corrected chi connectivity index (χ1v) is 8.27. The molecule has 1 aliphatic carbocycles. The number of rotatable bonds is 4. The molecule has 0 amide bonds. The van der Waals surface area contributed by atoms with E-state index in [2.05, 4.69) is 63.7 Å². The molecule has 0 saturated heterocycles. The Labute approximate surface area is 128 Å². The lowest BCUT2D eigenvalue weighted by atomic mass is 9.91. The number of anilines is 1. The maximum Gasteiger partial charge on any atom is 0.136 e. The van der Waals surface area contributed by atoms with Crippen molar-refractivity contribution in [3.05, 3.63) is 41.6 Å². The van der Waals surface area contributed by atoms with Crippen LogP contribution in [0.3, 0.4) is 0 Å². The van der Waals surface area contributed by atoms with Crippen LogP contribution in [0.2, 0.25) is 0 Å². The largest absolute Gasteiger partial charge is 0.356 e. The molecule has 3 rings (SSSR count). The second-order valence-corrected chi connectivity index (χ2v) is 6.02. The summed E-state index contributed by atoms with van der Waals surface area (Å²) >= 11 is 3.62. The molecule has 20 heavy (non-hydrogen) atoms. The lowest BCUT2D eigenvalue weighted by Gasteiger charge is -2.36. The van der Waals surface area contributed by atoms with Gasteiger partial charge in [-0.05, 0) is 38.3 Å². The number of nitrogens with zero attached hydrogens (tertiary/aromatic N) is 3.